The van der Waals surface area contributed by atoms with E-state index in [2.05, 4.69) is 4.98 Å². The summed E-state index contributed by atoms with van der Waals surface area (Å²) < 4.78 is 37.3. The molecule has 1 aliphatic carbocycles. The number of halogens is 2. The van der Waals surface area contributed by atoms with Crippen molar-refractivity contribution in [2.45, 2.75) is 38.0 Å². The Kier molecular flexibility index (Phi) is 4.79. The molecule has 0 aliphatic heterocycles. The summed E-state index contributed by atoms with van der Waals surface area (Å²) in [5.74, 6) is -0.311. The minimum absolute atomic E-state index is 0.112. The van der Waals surface area contributed by atoms with Crippen LogP contribution in [0.2, 0.25) is 5.02 Å². The number of pyridine rings is 1. The number of fused-ring (bicyclic) bond motifs is 1. The fraction of sp³-hybridized carbons (Fsp3) is 0.333. The van der Waals surface area contributed by atoms with E-state index in [9.17, 15) is 9.18 Å². The SMILES string of the molecule is [2H]C([2H])([2H])N(C(=O)C[C@H]1CC[C@@H](c2ccnc3ccc(F)cc32)CC1)c1ccc(Cl)cc1. The fourth-order valence-corrected chi connectivity index (χ4v) is 4.37. The number of rotatable bonds is 4. The van der Waals surface area contributed by atoms with Crippen molar-refractivity contribution >= 4 is 34.1 Å². The lowest BCUT2D eigenvalue weighted by molar-refractivity contribution is -0.119. The monoisotopic (exact) mass is 413 g/mol. The summed E-state index contributed by atoms with van der Waals surface area (Å²) in [5.41, 5.74) is 2.18. The van der Waals surface area contributed by atoms with Crippen molar-refractivity contribution in [3.63, 3.8) is 0 Å². The topological polar surface area (TPSA) is 33.2 Å². The van der Waals surface area contributed by atoms with Crippen LogP contribution in [0, 0.1) is 11.7 Å². The maximum Gasteiger partial charge on any atom is 0.226 e. The van der Waals surface area contributed by atoms with Gasteiger partial charge in [-0.25, -0.2) is 4.39 Å². The van der Waals surface area contributed by atoms with Crippen LogP contribution in [0.3, 0.4) is 0 Å². The quantitative estimate of drug-likeness (QED) is 0.499. The second kappa shape index (κ2) is 8.50. The van der Waals surface area contributed by atoms with E-state index in [1.54, 1.807) is 36.5 Å². The van der Waals surface area contributed by atoms with Crippen LogP contribution in [0.4, 0.5) is 10.1 Å². The van der Waals surface area contributed by atoms with E-state index in [-0.39, 0.29) is 24.1 Å². The molecule has 2 aromatic carbocycles. The van der Waals surface area contributed by atoms with Crippen LogP contribution >= 0.6 is 11.6 Å². The first-order chi connectivity index (χ1) is 15.2. The highest BCUT2D eigenvalue weighted by Crippen LogP contribution is 2.39. The molecule has 1 aliphatic rings. The molecule has 0 saturated heterocycles. The largest absolute Gasteiger partial charge is 0.315 e. The Morgan fingerprint density at radius 2 is 1.93 bits per heavy atom. The molecular formula is C24H24ClFN2O. The molecule has 0 bridgehead atoms. The van der Waals surface area contributed by atoms with Gasteiger partial charge in [0.05, 0.1) is 5.52 Å². The molecule has 1 saturated carbocycles. The van der Waals surface area contributed by atoms with Gasteiger partial charge in [0.15, 0.2) is 0 Å². The van der Waals surface area contributed by atoms with Gasteiger partial charge in [0.1, 0.15) is 5.82 Å². The summed E-state index contributed by atoms with van der Waals surface area (Å²) in [6, 6.07) is 12.9. The van der Waals surface area contributed by atoms with Crippen molar-refractivity contribution in [3.8, 4) is 0 Å². The third-order valence-electron chi connectivity index (χ3n) is 5.82. The van der Waals surface area contributed by atoms with Gasteiger partial charge in [0, 0.05) is 39.8 Å². The van der Waals surface area contributed by atoms with E-state index >= 15 is 0 Å². The summed E-state index contributed by atoms with van der Waals surface area (Å²) in [6.07, 6.45) is 5.28. The van der Waals surface area contributed by atoms with E-state index in [1.165, 1.54) is 12.1 Å². The second-order valence-electron chi connectivity index (χ2n) is 7.69. The molecule has 5 heteroatoms. The standard InChI is InChI=1S/C24H24ClFN2O/c1-28(20-9-6-18(25)7-10-20)24(29)14-16-2-4-17(5-3-16)21-12-13-27-23-11-8-19(26)15-22(21)23/h6-13,15-17H,2-5,14H2,1H3/t16-,17+/i1D3. The van der Waals surface area contributed by atoms with Gasteiger partial charge in [0.2, 0.25) is 5.91 Å². The van der Waals surface area contributed by atoms with Crippen molar-refractivity contribution in [3.05, 3.63) is 71.1 Å². The van der Waals surface area contributed by atoms with Crippen molar-refractivity contribution in [2.75, 3.05) is 11.9 Å². The van der Waals surface area contributed by atoms with Crippen LogP contribution in [0.15, 0.2) is 54.7 Å². The first-order valence-electron chi connectivity index (χ1n) is 11.3. The zero-order valence-corrected chi connectivity index (χ0v) is 16.7. The molecule has 3 nitrogen and oxygen atoms in total. The zero-order chi connectivity index (χ0) is 22.9. The number of nitrogens with zero attached hydrogens (tertiary/aromatic N) is 2. The number of amides is 1. The van der Waals surface area contributed by atoms with Gasteiger partial charge in [-0.3, -0.25) is 9.78 Å². The van der Waals surface area contributed by atoms with Crippen LogP contribution in [0.5, 0.6) is 0 Å². The Bertz CT molecular complexity index is 1110. The Labute approximate surface area is 179 Å². The third-order valence-corrected chi connectivity index (χ3v) is 6.07. The molecule has 0 atom stereocenters. The minimum atomic E-state index is -2.57. The highest BCUT2D eigenvalue weighted by molar-refractivity contribution is 6.30. The van der Waals surface area contributed by atoms with E-state index in [1.807, 2.05) is 6.07 Å². The predicted octanol–water partition coefficient (Wildman–Crippen LogP) is 6.35. The molecule has 4 rings (SSSR count). The summed E-state index contributed by atoms with van der Waals surface area (Å²) in [5, 5.41) is 1.32. The van der Waals surface area contributed by atoms with Crippen molar-refractivity contribution in [2.24, 2.45) is 5.92 Å². The van der Waals surface area contributed by atoms with Crippen molar-refractivity contribution in [1.29, 1.82) is 0 Å². The first-order valence-corrected chi connectivity index (χ1v) is 10.2. The smallest absolute Gasteiger partial charge is 0.226 e. The van der Waals surface area contributed by atoms with Gasteiger partial charge in [-0.2, -0.15) is 0 Å². The minimum Gasteiger partial charge on any atom is -0.315 e. The highest BCUT2D eigenvalue weighted by atomic mass is 35.5. The summed E-state index contributed by atoms with van der Waals surface area (Å²) in [6.45, 7) is -2.57. The molecule has 0 radical (unpaired) electrons. The van der Waals surface area contributed by atoms with Gasteiger partial charge < -0.3 is 4.90 Å². The number of carbonyl (C=O) groups excluding carboxylic acids is 1. The average molecular weight is 414 g/mol. The summed E-state index contributed by atoms with van der Waals surface area (Å²) in [4.78, 5) is 18.2. The van der Waals surface area contributed by atoms with Crippen LogP contribution < -0.4 is 4.90 Å². The molecule has 29 heavy (non-hydrogen) atoms. The number of benzene rings is 2. The van der Waals surface area contributed by atoms with Crippen molar-refractivity contribution in [1.82, 2.24) is 4.98 Å². The first kappa shape index (κ1) is 16.3. The lowest BCUT2D eigenvalue weighted by Gasteiger charge is -2.30. The van der Waals surface area contributed by atoms with Gasteiger partial charge in [0.25, 0.3) is 0 Å². The van der Waals surface area contributed by atoms with E-state index in [0.717, 1.165) is 47.0 Å². The van der Waals surface area contributed by atoms with Crippen molar-refractivity contribution < 1.29 is 13.3 Å². The fourth-order valence-electron chi connectivity index (χ4n) is 4.25. The highest BCUT2D eigenvalue weighted by Gasteiger charge is 2.26. The molecule has 1 fully saturated rings. The molecule has 1 aromatic heterocycles. The molecule has 0 unspecified atom stereocenters. The molecule has 150 valence electrons. The molecule has 0 N–H and O–H groups in total. The predicted molar refractivity (Wildman–Crippen MR) is 116 cm³/mol. The third kappa shape index (κ3) is 4.43. The van der Waals surface area contributed by atoms with Gasteiger partial charge in [-0.05, 0) is 91.6 Å². The zero-order valence-electron chi connectivity index (χ0n) is 18.9. The number of aromatic nitrogens is 1. The van der Waals surface area contributed by atoms with E-state index in [0.29, 0.717) is 10.7 Å². The number of hydrogen-bond donors (Lipinski definition) is 0. The van der Waals surface area contributed by atoms with Gasteiger partial charge in [-0.15, -0.1) is 0 Å². The molecule has 1 heterocycles. The van der Waals surface area contributed by atoms with Gasteiger partial charge in [-0.1, -0.05) is 11.6 Å². The maximum absolute atomic E-state index is 13.8. The Morgan fingerprint density at radius 3 is 2.66 bits per heavy atom. The summed E-state index contributed by atoms with van der Waals surface area (Å²) >= 11 is 5.91. The Morgan fingerprint density at radius 1 is 1.17 bits per heavy atom. The Hall–Kier alpha value is -2.46. The second-order valence-corrected chi connectivity index (χ2v) is 8.13. The molecule has 3 aromatic rings. The molecular weight excluding hydrogens is 387 g/mol. The number of carbonyl (C=O) groups is 1. The Balaban J connectivity index is 1.45. The van der Waals surface area contributed by atoms with Crippen LogP contribution in [0.1, 0.15) is 47.7 Å². The van der Waals surface area contributed by atoms with E-state index < -0.39 is 12.9 Å². The van der Waals surface area contributed by atoms with E-state index in [4.69, 9.17) is 15.7 Å². The summed E-state index contributed by atoms with van der Waals surface area (Å²) in [7, 11) is 0. The normalized spacial score (nSPS) is 21.2. The lowest BCUT2D eigenvalue weighted by atomic mass is 9.76. The van der Waals surface area contributed by atoms with Crippen LogP contribution in [-0.2, 0) is 4.79 Å². The number of anilines is 1. The van der Waals surface area contributed by atoms with Gasteiger partial charge >= 0.3 is 0 Å². The average Bonchev–Trinajstić information content (AvgIpc) is 2.74. The van der Waals surface area contributed by atoms with Crippen LogP contribution in [-0.4, -0.2) is 17.9 Å². The molecule has 0 spiro atoms. The molecule has 1 amide bonds. The lowest BCUT2D eigenvalue weighted by Crippen LogP contribution is -2.29. The van der Waals surface area contributed by atoms with Crippen LogP contribution in [0.25, 0.3) is 10.9 Å². The maximum atomic E-state index is 13.8. The number of hydrogen-bond acceptors (Lipinski definition) is 2.